The molecule has 3 heteroatoms. The minimum atomic E-state index is -1.06. The third kappa shape index (κ3) is 1.86. The summed E-state index contributed by atoms with van der Waals surface area (Å²) in [4.78, 5) is 10.9. The van der Waals surface area contributed by atoms with Gasteiger partial charge in [-0.1, -0.05) is 19.3 Å². The van der Waals surface area contributed by atoms with Crippen molar-refractivity contribution < 1.29 is 9.90 Å². The first-order valence-electron chi connectivity index (χ1n) is 6.01. The molecule has 0 spiro atoms. The van der Waals surface area contributed by atoms with Gasteiger partial charge >= 0.3 is 0 Å². The zero-order valence-electron chi connectivity index (χ0n) is 9.95. The van der Waals surface area contributed by atoms with Gasteiger partial charge in [-0.3, -0.25) is 0 Å². The van der Waals surface area contributed by atoms with E-state index in [1.165, 1.54) is 32.1 Å². The Bertz CT molecular complexity index is 400. The molecular formula is C13H18NO2-. The van der Waals surface area contributed by atoms with Gasteiger partial charge in [-0.15, -0.1) is 0 Å². The molecule has 1 fully saturated rings. The Morgan fingerprint density at radius 2 is 1.94 bits per heavy atom. The molecule has 2 rings (SSSR count). The van der Waals surface area contributed by atoms with Gasteiger partial charge in [-0.25, -0.2) is 0 Å². The number of hydrogen-bond acceptors (Lipinski definition) is 2. The number of carboxylic acid groups (broad SMARTS) is 1. The molecule has 0 saturated heterocycles. The second kappa shape index (κ2) is 4.32. The Labute approximate surface area is 96.1 Å². The van der Waals surface area contributed by atoms with Crippen molar-refractivity contribution in [3.8, 4) is 0 Å². The lowest BCUT2D eigenvalue weighted by Crippen LogP contribution is -2.23. The van der Waals surface area contributed by atoms with Gasteiger partial charge in [-0.2, -0.15) is 0 Å². The summed E-state index contributed by atoms with van der Waals surface area (Å²) in [6.45, 7) is 3.86. The summed E-state index contributed by atoms with van der Waals surface area (Å²) in [6.07, 6.45) is 6.15. The second-order valence-corrected chi connectivity index (χ2v) is 4.73. The van der Waals surface area contributed by atoms with Crippen LogP contribution in [0.3, 0.4) is 0 Å². The first-order chi connectivity index (χ1) is 7.61. The van der Waals surface area contributed by atoms with Gasteiger partial charge in [0.2, 0.25) is 0 Å². The molecule has 0 aromatic carbocycles. The standard InChI is InChI=1S/C13H19NO2/c1-9-8-12(13(15)16)10(2)14(9)11-6-4-3-5-7-11/h8,11H,3-7H2,1-2H3,(H,15,16)/p-1. The van der Waals surface area contributed by atoms with E-state index >= 15 is 0 Å². The Balaban J connectivity index is 2.36. The van der Waals surface area contributed by atoms with Gasteiger partial charge in [0.15, 0.2) is 0 Å². The third-order valence-electron chi connectivity index (χ3n) is 3.64. The van der Waals surface area contributed by atoms with E-state index in [9.17, 15) is 9.90 Å². The van der Waals surface area contributed by atoms with Crippen LogP contribution in [0.4, 0.5) is 0 Å². The summed E-state index contributed by atoms with van der Waals surface area (Å²) in [7, 11) is 0. The highest BCUT2D eigenvalue weighted by Crippen LogP contribution is 2.31. The van der Waals surface area contributed by atoms with Gasteiger partial charge in [0.05, 0.1) is 5.97 Å². The summed E-state index contributed by atoms with van der Waals surface area (Å²) >= 11 is 0. The van der Waals surface area contributed by atoms with Crippen LogP contribution in [0.5, 0.6) is 0 Å². The number of aromatic carboxylic acids is 1. The van der Waals surface area contributed by atoms with Crippen LogP contribution < -0.4 is 5.11 Å². The highest BCUT2D eigenvalue weighted by molar-refractivity contribution is 5.87. The lowest BCUT2D eigenvalue weighted by atomic mass is 9.95. The molecule has 0 unspecified atom stereocenters. The summed E-state index contributed by atoms with van der Waals surface area (Å²) in [5.74, 6) is -1.06. The molecule has 0 atom stereocenters. The number of aryl methyl sites for hydroxylation is 1. The van der Waals surface area contributed by atoms with E-state index in [2.05, 4.69) is 4.57 Å². The number of carbonyl (C=O) groups excluding carboxylic acids is 1. The van der Waals surface area contributed by atoms with Gasteiger partial charge < -0.3 is 14.5 Å². The van der Waals surface area contributed by atoms with E-state index in [1.54, 1.807) is 6.07 Å². The van der Waals surface area contributed by atoms with Gasteiger partial charge in [0, 0.05) is 23.0 Å². The quantitative estimate of drug-likeness (QED) is 0.765. The number of rotatable bonds is 2. The first-order valence-corrected chi connectivity index (χ1v) is 6.01. The Morgan fingerprint density at radius 1 is 1.31 bits per heavy atom. The van der Waals surface area contributed by atoms with Crippen LogP contribution in [-0.4, -0.2) is 10.5 Å². The molecule has 1 aliphatic rings. The molecule has 0 bridgehead atoms. The van der Waals surface area contributed by atoms with Crippen LogP contribution >= 0.6 is 0 Å². The first kappa shape index (κ1) is 11.2. The van der Waals surface area contributed by atoms with Crippen molar-refractivity contribution in [3.63, 3.8) is 0 Å². The van der Waals surface area contributed by atoms with Gasteiger partial charge in [-0.05, 0) is 32.8 Å². The smallest absolute Gasteiger partial charge is 0.0733 e. The lowest BCUT2D eigenvalue weighted by molar-refractivity contribution is -0.255. The number of aromatic nitrogens is 1. The zero-order valence-corrected chi connectivity index (χ0v) is 9.95. The van der Waals surface area contributed by atoms with E-state index in [-0.39, 0.29) is 0 Å². The molecule has 16 heavy (non-hydrogen) atoms. The van der Waals surface area contributed by atoms with Crippen molar-refractivity contribution in [2.45, 2.75) is 52.0 Å². The van der Waals surface area contributed by atoms with E-state index in [1.807, 2.05) is 13.8 Å². The molecule has 0 radical (unpaired) electrons. The van der Waals surface area contributed by atoms with E-state index in [4.69, 9.17) is 0 Å². The molecule has 1 heterocycles. The van der Waals surface area contributed by atoms with Gasteiger partial charge in [0.25, 0.3) is 0 Å². The maximum Gasteiger partial charge on any atom is 0.0733 e. The maximum absolute atomic E-state index is 10.9. The summed E-state index contributed by atoms with van der Waals surface area (Å²) in [6, 6.07) is 2.22. The Morgan fingerprint density at radius 3 is 2.44 bits per heavy atom. The Hall–Kier alpha value is -1.25. The topological polar surface area (TPSA) is 45.1 Å². The number of carboxylic acids is 1. The maximum atomic E-state index is 10.9. The fourth-order valence-corrected chi connectivity index (χ4v) is 2.88. The fraction of sp³-hybridized carbons (Fsp3) is 0.615. The van der Waals surface area contributed by atoms with Gasteiger partial charge in [0.1, 0.15) is 0 Å². The van der Waals surface area contributed by atoms with Crippen molar-refractivity contribution in [1.82, 2.24) is 4.57 Å². The molecule has 0 amide bonds. The largest absolute Gasteiger partial charge is 0.545 e. The SMILES string of the molecule is Cc1cc(C(=O)[O-])c(C)n1C1CCCCC1. The molecule has 1 aliphatic carbocycles. The van der Waals surface area contributed by atoms with E-state index in [0.717, 1.165) is 11.4 Å². The monoisotopic (exact) mass is 220 g/mol. The van der Waals surface area contributed by atoms with Crippen LogP contribution in [0.2, 0.25) is 0 Å². The van der Waals surface area contributed by atoms with Crippen LogP contribution in [0.15, 0.2) is 6.07 Å². The molecule has 0 N–H and O–H groups in total. The average molecular weight is 220 g/mol. The number of carbonyl (C=O) groups is 1. The van der Waals surface area contributed by atoms with Crippen molar-refractivity contribution in [3.05, 3.63) is 23.0 Å². The minimum Gasteiger partial charge on any atom is -0.545 e. The van der Waals surface area contributed by atoms with Crippen LogP contribution in [0, 0.1) is 13.8 Å². The summed E-state index contributed by atoms with van der Waals surface area (Å²) in [5, 5.41) is 10.9. The van der Waals surface area contributed by atoms with Crippen LogP contribution in [0.1, 0.15) is 59.9 Å². The molecule has 1 saturated carbocycles. The highest BCUT2D eigenvalue weighted by Gasteiger charge is 2.20. The molecule has 1 aromatic rings. The number of nitrogens with zero attached hydrogens (tertiary/aromatic N) is 1. The molecule has 88 valence electrons. The van der Waals surface area contributed by atoms with E-state index in [0.29, 0.717) is 11.6 Å². The van der Waals surface area contributed by atoms with Crippen molar-refractivity contribution in [2.75, 3.05) is 0 Å². The highest BCUT2D eigenvalue weighted by atomic mass is 16.4. The molecule has 0 aliphatic heterocycles. The second-order valence-electron chi connectivity index (χ2n) is 4.73. The average Bonchev–Trinajstić information content (AvgIpc) is 2.56. The van der Waals surface area contributed by atoms with Crippen molar-refractivity contribution >= 4 is 5.97 Å². The van der Waals surface area contributed by atoms with Crippen molar-refractivity contribution in [2.24, 2.45) is 0 Å². The Kier molecular flexibility index (Phi) is 3.03. The van der Waals surface area contributed by atoms with E-state index < -0.39 is 5.97 Å². The predicted octanol–water partition coefficient (Wildman–Crippen LogP) is 1.97. The third-order valence-corrected chi connectivity index (χ3v) is 3.64. The fourth-order valence-electron chi connectivity index (χ4n) is 2.88. The molecular weight excluding hydrogens is 202 g/mol. The van der Waals surface area contributed by atoms with Crippen molar-refractivity contribution in [1.29, 1.82) is 0 Å². The normalized spacial score (nSPS) is 17.6. The summed E-state index contributed by atoms with van der Waals surface area (Å²) < 4.78 is 2.18. The zero-order chi connectivity index (χ0) is 11.7. The predicted molar refractivity (Wildman–Crippen MR) is 60.4 cm³/mol. The summed E-state index contributed by atoms with van der Waals surface area (Å²) in [5.41, 5.74) is 2.25. The van der Waals surface area contributed by atoms with Crippen LogP contribution in [-0.2, 0) is 0 Å². The lowest BCUT2D eigenvalue weighted by Gasteiger charge is -2.26. The molecule has 1 aromatic heterocycles. The van der Waals surface area contributed by atoms with Crippen LogP contribution in [0.25, 0.3) is 0 Å². The minimum absolute atomic E-state index is 0.350. The number of hydrogen-bond donors (Lipinski definition) is 0. The molecule has 3 nitrogen and oxygen atoms in total.